The number of nitrogens with zero attached hydrogens (tertiary/aromatic N) is 1. The molecule has 2 heterocycles. The van der Waals surface area contributed by atoms with Gasteiger partial charge in [-0.3, -0.25) is 4.79 Å². The second-order valence-electron chi connectivity index (χ2n) is 5.44. The number of rotatable bonds is 2. The van der Waals surface area contributed by atoms with Crippen LogP contribution in [0.1, 0.15) is 5.56 Å². The lowest BCUT2D eigenvalue weighted by atomic mass is 9.96. The Hall–Kier alpha value is -2.11. The van der Waals surface area contributed by atoms with E-state index < -0.39 is 0 Å². The molecule has 0 saturated heterocycles. The Morgan fingerprint density at radius 3 is 3.09 bits per heavy atom. The maximum Gasteiger partial charge on any atom is 0.233 e. The van der Waals surface area contributed by atoms with E-state index in [1.165, 1.54) is 11.3 Å². The van der Waals surface area contributed by atoms with Gasteiger partial charge >= 0.3 is 0 Å². The monoisotopic (exact) mass is 344 g/mol. The summed E-state index contributed by atoms with van der Waals surface area (Å²) in [7, 11) is 0. The summed E-state index contributed by atoms with van der Waals surface area (Å²) in [5.41, 5.74) is 1.90. The number of benzene rings is 2. The van der Waals surface area contributed by atoms with E-state index in [9.17, 15) is 4.79 Å². The topological polar surface area (TPSA) is 51.2 Å². The Bertz CT molecular complexity index is 893. The van der Waals surface area contributed by atoms with Crippen LogP contribution in [0.5, 0.6) is 5.75 Å². The number of aromatic nitrogens is 1. The Morgan fingerprint density at radius 1 is 1.30 bits per heavy atom. The molecular formula is C17H13ClN2O2S. The Morgan fingerprint density at radius 2 is 2.17 bits per heavy atom. The molecule has 0 aliphatic carbocycles. The van der Waals surface area contributed by atoms with Crippen molar-refractivity contribution in [3.63, 3.8) is 0 Å². The number of thiazole rings is 1. The van der Waals surface area contributed by atoms with Crippen LogP contribution < -0.4 is 10.1 Å². The van der Waals surface area contributed by atoms with Crippen LogP contribution in [0.2, 0.25) is 5.02 Å². The fraction of sp³-hybridized carbons (Fsp3) is 0.176. The highest BCUT2D eigenvalue weighted by Gasteiger charge is 2.26. The second kappa shape index (κ2) is 5.83. The maximum atomic E-state index is 12.5. The van der Waals surface area contributed by atoms with Crippen LogP contribution in [-0.4, -0.2) is 17.5 Å². The third-order valence-electron chi connectivity index (χ3n) is 3.83. The van der Waals surface area contributed by atoms with Gasteiger partial charge in [0.05, 0.1) is 16.1 Å². The number of hydrogen-bond donors (Lipinski definition) is 1. The third kappa shape index (κ3) is 2.90. The number of hydrogen-bond acceptors (Lipinski definition) is 4. The van der Waals surface area contributed by atoms with E-state index in [1.807, 2.05) is 36.4 Å². The molecule has 23 heavy (non-hydrogen) atoms. The van der Waals surface area contributed by atoms with Gasteiger partial charge in [-0.05, 0) is 36.2 Å². The summed E-state index contributed by atoms with van der Waals surface area (Å²) in [5.74, 6) is 0.594. The Balaban J connectivity index is 1.51. The van der Waals surface area contributed by atoms with Crippen molar-refractivity contribution in [3.8, 4) is 5.75 Å². The van der Waals surface area contributed by atoms with Gasteiger partial charge in [0, 0.05) is 5.02 Å². The van der Waals surface area contributed by atoms with Crippen LogP contribution in [0.3, 0.4) is 0 Å². The van der Waals surface area contributed by atoms with Gasteiger partial charge in [-0.15, -0.1) is 0 Å². The second-order valence-corrected chi connectivity index (χ2v) is 6.91. The number of carbonyl (C=O) groups excluding carboxylic acids is 1. The molecule has 0 spiro atoms. The van der Waals surface area contributed by atoms with Gasteiger partial charge in [0.15, 0.2) is 5.13 Å². The van der Waals surface area contributed by atoms with Gasteiger partial charge < -0.3 is 10.1 Å². The lowest BCUT2D eigenvalue weighted by Crippen LogP contribution is -2.32. The van der Waals surface area contributed by atoms with E-state index >= 15 is 0 Å². The van der Waals surface area contributed by atoms with Crippen molar-refractivity contribution < 1.29 is 9.53 Å². The standard InChI is InChI=1S/C17H13ClN2O2S/c18-12-5-6-13-15(8-12)23-17(19-13)20-16(21)11-7-10-3-1-2-4-14(10)22-9-11/h1-6,8,11H,7,9H2,(H,19,20,21)/t11-/m0/s1. The number of halogens is 1. The first-order valence-corrected chi connectivity index (χ1v) is 8.46. The minimum Gasteiger partial charge on any atom is -0.492 e. The lowest BCUT2D eigenvalue weighted by molar-refractivity contribution is -0.121. The van der Waals surface area contributed by atoms with Gasteiger partial charge in [0.2, 0.25) is 5.91 Å². The molecule has 0 radical (unpaired) electrons. The molecule has 3 aromatic rings. The molecule has 0 bridgehead atoms. The van der Waals surface area contributed by atoms with Gasteiger partial charge in [0.25, 0.3) is 0 Å². The molecular weight excluding hydrogens is 332 g/mol. The molecule has 0 fully saturated rings. The SMILES string of the molecule is O=C(Nc1nc2ccc(Cl)cc2s1)[C@@H]1COc2ccccc2C1. The first-order valence-electron chi connectivity index (χ1n) is 7.27. The summed E-state index contributed by atoms with van der Waals surface area (Å²) in [6, 6.07) is 13.3. The van der Waals surface area contributed by atoms with E-state index in [2.05, 4.69) is 10.3 Å². The lowest BCUT2D eigenvalue weighted by Gasteiger charge is -2.24. The molecule has 1 aliphatic heterocycles. The number of nitrogens with one attached hydrogen (secondary N) is 1. The highest BCUT2D eigenvalue weighted by molar-refractivity contribution is 7.22. The summed E-state index contributed by atoms with van der Waals surface area (Å²) >= 11 is 7.40. The zero-order valence-corrected chi connectivity index (χ0v) is 13.7. The number of ether oxygens (including phenoxy) is 1. The van der Waals surface area contributed by atoms with Crippen molar-refractivity contribution in [2.24, 2.45) is 5.92 Å². The molecule has 2 aromatic carbocycles. The highest BCUT2D eigenvalue weighted by atomic mass is 35.5. The van der Waals surface area contributed by atoms with E-state index in [4.69, 9.17) is 16.3 Å². The van der Waals surface area contributed by atoms with Crippen LogP contribution >= 0.6 is 22.9 Å². The molecule has 1 aliphatic rings. The van der Waals surface area contributed by atoms with Gasteiger partial charge in [0.1, 0.15) is 12.4 Å². The van der Waals surface area contributed by atoms with E-state index in [0.29, 0.717) is 23.2 Å². The molecule has 4 rings (SSSR count). The fourth-order valence-corrected chi connectivity index (χ4v) is 3.80. The summed E-state index contributed by atoms with van der Waals surface area (Å²) in [6.07, 6.45) is 0.679. The first kappa shape index (κ1) is 14.5. The summed E-state index contributed by atoms with van der Waals surface area (Å²) in [5, 5.41) is 4.15. The van der Waals surface area contributed by atoms with Crippen LogP contribution in [0.25, 0.3) is 10.2 Å². The predicted molar refractivity (Wildman–Crippen MR) is 92.4 cm³/mol. The van der Waals surface area contributed by atoms with Crippen molar-refractivity contribution in [2.45, 2.75) is 6.42 Å². The molecule has 4 nitrogen and oxygen atoms in total. The molecule has 116 valence electrons. The van der Waals surface area contributed by atoms with Crippen LogP contribution in [0, 0.1) is 5.92 Å². The highest BCUT2D eigenvalue weighted by Crippen LogP contribution is 2.30. The maximum absolute atomic E-state index is 12.5. The minimum absolute atomic E-state index is 0.0651. The van der Waals surface area contributed by atoms with E-state index in [1.54, 1.807) is 6.07 Å². The van der Waals surface area contributed by atoms with Crippen LogP contribution in [-0.2, 0) is 11.2 Å². The Kier molecular flexibility index (Phi) is 3.67. The van der Waals surface area contributed by atoms with Gasteiger partial charge in [-0.25, -0.2) is 4.98 Å². The number of amides is 1. The normalized spacial score (nSPS) is 16.7. The molecule has 0 unspecified atom stereocenters. The fourth-order valence-electron chi connectivity index (χ4n) is 2.66. The van der Waals surface area contributed by atoms with Crippen molar-refractivity contribution in [1.29, 1.82) is 0 Å². The summed E-state index contributed by atoms with van der Waals surface area (Å²) in [4.78, 5) is 16.9. The van der Waals surface area contributed by atoms with E-state index in [-0.39, 0.29) is 11.8 Å². The quantitative estimate of drug-likeness (QED) is 0.760. The third-order valence-corrected chi connectivity index (χ3v) is 5.00. The summed E-state index contributed by atoms with van der Waals surface area (Å²) < 4.78 is 6.63. The van der Waals surface area contributed by atoms with Crippen molar-refractivity contribution in [3.05, 3.63) is 53.1 Å². The number of fused-ring (bicyclic) bond motifs is 2. The Labute approximate surface area is 142 Å². The van der Waals surface area contributed by atoms with E-state index in [0.717, 1.165) is 21.5 Å². The predicted octanol–water partition coefficient (Wildman–Crippen LogP) is 4.14. The number of carbonyl (C=O) groups is 1. The molecule has 6 heteroatoms. The van der Waals surface area contributed by atoms with Crippen LogP contribution in [0.4, 0.5) is 5.13 Å². The van der Waals surface area contributed by atoms with Crippen molar-refractivity contribution >= 4 is 44.2 Å². The summed E-state index contributed by atoms with van der Waals surface area (Å²) in [6.45, 7) is 0.388. The largest absolute Gasteiger partial charge is 0.492 e. The molecule has 1 amide bonds. The molecule has 1 atom stereocenters. The average Bonchev–Trinajstić information content (AvgIpc) is 2.95. The van der Waals surface area contributed by atoms with Crippen LogP contribution in [0.15, 0.2) is 42.5 Å². The van der Waals surface area contributed by atoms with Gasteiger partial charge in [-0.1, -0.05) is 41.1 Å². The minimum atomic E-state index is -0.208. The number of anilines is 1. The van der Waals surface area contributed by atoms with Crippen molar-refractivity contribution in [1.82, 2.24) is 4.98 Å². The molecule has 1 N–H and O–H groups in total. The smallest absolute Gasteiger partial charge is 0.233 e. The zero-order chi connectivity index (χ0) is 15.8. The van der Waals surface area contributed by atoms with Crippen molar-refractivity contribution in [2.75, 3.05) is 11.9 Å². The zero-order valence-electron chi connectivity index (χ0n) is 12.1. The van der Waals surface area contributed by atoms with Gasteiger partial charge in [-0.2, -0.15) is 0 Å². The average molecular weight is 345 g/mol. The first-order chi connectivity index (χ1) is 11.2. The molecule has 0 saturated carbocycles. The molecule has 1 aromatic heterocycles. The number of para-hydroxylation sites is 1.